The second-order valence-electron chi connectivity index (χ2n) is 13.3. The van der Waals surface area contributed by atoms with Crippen LogP contribution in [0.25, 0.3) is 0 Å². The van der Waals surface area contributed by atoms with Gasteiger partial charge >= 0.3 is 6.09 Å². The first-order valence-corrected chi connectivity index (χ1v) is 16.9. The number of carbonyl (C=O) groups excluding carboxylic acids is 2. The maximum Gasteiger partial charge on any atom is 0.408 e. The Morgan fingerprint density at radius 1 is 1.22 bits per heavy atom. The first-order chi connectivity index (χ1) is 21.5. The number of nitrogens with zero attached hydrogens (tertiary/aromatic N) is 6. The van der Waals surface area contributed by atoms with E-state index >= 15 is 0 Å². The number of alkyl carbamates (subject to hydrolysis) is 1. The van der Waals surface area contributed by atoms with Crippen molar-refractivity contribution in [3.8, 4) is 0 Å². The number of hydrogen-bond acceptors (Lipinski definition) is 9. The van der Waals surface area contributed by atoms with E-state index in [1.807, 2.05) is 56.1 Å². The van der Waals surface area contributed by atoms with Gasteiger partial charge in [-0.1, -0.05) is 19.1 Å². The number of thioether (sulfide) groups is 1. The lowest BCUT2D eigenvalue weighted by molar-refractivity contribution is -0.0769. The number of piperidine rings is 1. The Hall–Kier alpha value is -3.48. The summed E-state index contributed by atoms with van der Waals surface area (Å²) in [5.41, 5.74) is 1.12. The molecule has 3 aromatic rings. The average molecular weight is 634 g/mol. The fourth-order valence-electron chi connectivity index (χ4n) is 6.79. The van der Waals surface area contributed by atoms with Crippen LogP contribution >= 0.6 is 11.8 Å². The molecular formula is C33H43N7O4S. The molecule has 3 aliphatic rings. The van der Waals surface area contributed by atoms with Crippen molar-refractivity contribution in [3.05, 3.63) is 65.4 Å². The molecule has 0 radical (unpaired) electrons. The van der Waals surface area contributed by atoms with Gasteiger partial charge in [-0.3, -0.25) is 14.4 Å². The number of ether oxygens (including phenoxy) is 2. The molecule has 11 nitrogen and oxygen atoms in total. The minimum atomic E-state index is -0.863. The molecular weight excluding hydrogens is 590 g/mol. The van der Waals surface area contributed by atoms with Gasteiger partial charge in [0, 0.05) is 54.7 Å². The largest absolute Gasteiger partial charge is 0.443 e. The lowest BCUT2D eigenvalue weighted by Gasteiger charge is -2.41. The predicted octanol–water partition coefficient (Wildman–Crippen LogP) is 4.42. The Kier molecular flexibility index (Phi) is 8.91. The van der Waals surface area contributed by atoms with E-state index in [1.54, 1.807) is 22.8 Å². The van der Waals surface area contributed by atoms with Crippen LogP contribution < -0.4 is 10.2 Å². The molecule has 5 heterocycles. The zero-order valence-electron chi connectivity index (χ0n) is 26.8. The highest BCUT2D eigenvalue weighted by Gasteiger charge is 2.43. The molecule has 2 aromatic heterocycles. The highest BCUT2D eigenvalue weighted by atomic mass is 32.2. The van der Waals surface area contributed by atoms with Gasteiger partial charge in [-0.2, -0.15) is 5.10 Å². The van der Waals surface area contributed by atoms with Gasteiger partial charge in [0.25, 0.3) is 5.91 Å². The summed E-state index contributed by atoms with van der Waals surface area (Å²) in [6, 6.07) is 11.6. The van der Waals surface area contributed by atoms with Crippen LogP contribution in [0.1, 0.15) is 67.1 Å². The summed E-state index contributed by atoms with van der Waals surface area (Å²) in [6.07, 6.45) is 6.41. The highest BCUT2D eigenvalue weighted by Crippen LogP contribution is 2.42. The number of aryl methyl sites for hydroxylation is 1. The van der Waals surface area contributed by atoms with Gasteiger partial charge in [0.1, 0.15) is 17.7 Å². The lowest BCUT2D eigenvalue weighted by Crippen LogP contribution is -2.64. The molecule has 0 bridgehead atoms. The first-order valence-electron chi connectivity index (χ1n) is 15.7. The number of hydrogen-bond donors (Lipinski definition) is 1. The smallest absolute Gasteiger partial charge is 0.408 e. The standard InChI is InChI=1S/C33H43N7O4S/c1-22-9-8-14-39(17-22)18-25-29-24(11-7-12-26(29)45-5)30(41)40(25)28-13-6-10-23(35-28)15-32(2,3)44-31(42)36-33(19-43-20-33)16-27-34-21-38(4)37-27/h6-7,10-13,21-22,25H,8-9,14-20H2,1-5H3,(H,36,42)/t22-,25?/m0/s1. The van der Waals surface area contributed by atoms with Gasteiger partial charge in [-0.25, -0.2) is 14.8 Å². The molecule has 1 N–H and O–H groups in total. The number of benzene rings is 1. The third-order valence-electron chi connectivity index (χ3n) is 8.83. The summed E-state index contributed by atoms with van der Waals surface area (Å²) in [5.74, 6) is 1.87. The van der Waals surface area contributed by atoms with Crippen molar-refractivity contribution in [3.63, 3.8) is 0 Å². The summed E-state index contributed by atoms with van der Waals surface area (Å²) in [7, 11) is 1.81. The van der Waals surface area contributed by atoms with Crippen LogP contribution in [0, 0.1) is 5.92 Å². The number of carbonyl (C=O) groups is 2. The second kappa shape index (κ2) is 12.7. The Labute approximate surface area is 269 Å². The van der Waals surface area contributed by atoms with Crippen LogP contribution in [0.2, 0.25) is 0 Å². The number of fused-ring (bicyclic) bond motifs is 1. The fraction of sp³-hybridized carbons (Fsp3) is 0.545. The number of likely N-dealkylation sites (tertiary alicyclic amines) is 1. The maximum absolute atomic E-state index is 14.0. The van der Waals surface area contributed by atoms with Gasteiger partial charge in [-0.05, 0) is 69.7 Å². The molecule has 45 heavy (non-hydrogen) atoms. The number of pyridine rings is 1. The van der Waals surface area contributed by atoms with E-state index < -0.39 is 17.2 Å². The van der Waals surface area contributed by atoms with Crippen LogP contribution in [0.4, 0.5) is 10.6 Å². The molecule has 2 saturated heterocycles. The van der Waals surface area contributed by atoms with Crippen LogP contribution in [0.15, 0.2) is 47.6 Å². The van der Waals surface area contributed by atoms with E-state index in [1.165, 1.54) is 12.8 Å². The Bertz CT molecular complexity index is 1560. The highest BCUT2D eigenvalue weighted by molar-refractivity contribution is 7.98. The van der Waals surface area contributed by atoms with Gasteiger partial charge in [0.15, 0.2) is 5.82 Å². The molecule has 1 aromatic carbocycles. The first kappa shape index (κ1) is 31.5. The average Bonchev–Trinajstić information content (AvgIpc) is 3.50. The zero-order chi connectivity index (χ0) is 31.8. The van der Waals surface area contributed by atoms with Gasteiger partial charge in [-0.15, -0.1) is 11.8 Å². The molecule has 0 aliphatic carbocycles. The fourth-order valence-corrected chi connectivity index (χ4v) is 7.47. The molecule has 240 valence electrons. The summed E-state index contributed by atoms with van der Waals surface area (Å²) in [6.45, 7) is 9.60. The molecule has 2 fully saturated rings. The molecule has 12 heteroatoms. The van der Waals surface area contributed by atoms with E-state index in [2.05, 4.69) is 39.5 Å². The van der Waals surface area contributed by atoms with Crippen LogP contribution in [-0.2, 0) is 29.4 Å². The van der Waals surface area contributed by atoms with Crippen molar-refractivity contribution in [1.29, 1.82) is 0 Å². The molecule has 2 amide bonds. The number of amides is 2. The van der Waals surface area contributed by atoms with Crippen molar-refractivity contribution in [2.24, 2.45) is 13.0 Å². The molecule has 6 rings (SSSR count). The van der Waals surface area contributed by atoms with Crippen molar-refractivity contribution in [2.75, 3.05) is 44.0 Å². The van der Waals surface area contributed by atoms with E-state index in [0.29, 0.717) is 43.6 Å². The van der Waals surface area contributed by atoms with Gasteiger partial charge in [0.05, 0.1) is 24.8 Å². The van der Waals surface area contributed by atoms with E-state index in [4.69, 9.17) is 14.5 Å². The summed E-state index contributed by atoms with van der Waals surface area (Å²) in [5, 5.41) is 7.35. The Balaban J connectivity index is 1.18. The van der Waals surface area contributed by atoms with Gasteiger partial charge in [0.2, 0.25) is 0 Å². The Morgan fingerprint density at radius 3 is 2.71 bits per heavy atom. The third kappa shape index (κ3) is 6.87. The quantitative estimate of drug-likeness (QED) is 0.324. The number of anilines is 1. The van der Waals surface area contributed by atoms with Crippen molar-refractivity contribution in [1.82, 2.24) is 30.0 Å². The number of aromatic nitrogens is 4. The normalized spacial score (nSPS) is 21.4. The molecule has 3 aliphatic heterocycles. The summed E-state index contributed by atoms with van der Waals surface area (Å²) >= 11 is 1.68. The zero-order valence-corrected chi connectivity index (χ0v) is 27.6. The number of nitrogens with one attached hydrogen (secondary N) is 1. The van der Waals surface area contributed by atoms with Crippen LogP contribution in [0.5, 0.6) is 0 Å². The third-order valence-corrected chi connectivity index (χ3v) is 9.63. The van der Waals surface area contributed by atoms with E-state index in [0.717, 1.165) is 41.4 Å². The van der Waals surface area contributed by atoms with Crippen molar-refractivity contribution < 1.29 is 19.1 Å². The number of rotatable bonds is 10. The minimum Gasteiger partial charge on any atom is -0.443 e. The monoisotopic (exact) mass is 633 g/mol. The van der Waals surface area contributed by atoms with Crippen LogP contribution in [-0.4, -0.2) is 86.9 Å². The molecule has 1 unspecified atom stereocenters. The second-order valence-corrected chi connectivity index (χ2v) is 14.2. The van der Waals surface area contributed by atoms with Crippen molar-refractivity contribution >= 4 is 29.6 Å². The Morgan fingerprint density at radius 2 is 2.02 bits per heavy atom. The molecule has 0 spiro atoms. The molecule has 2 atom stereocenters. The summed E-state index contributed by atoms with van der Waals surface area (Å²) < 4.78 is 13.0. The van der Waals surface area contributed by atoms with Crippen molar-refractivity contribution in [2.45, 2.75) is 68.5 Å². The van der Waals surface area contributed by atoms with Crippen LogP contribution in [0.3, 0.4) is 0 Å². The minimum absolute atomic E-state index is 0.0223. The lowest BCUT2D eigenvalue weighted by atomic mass is 9.93. The predicted molar refractivity (Wildman–Crippen MR) is 173 cm³/mol. The maximum atomic E-state index is 14.0. The molecule has 0 saturated carbocycles. The van der Waals surface area contributed by atoms with E-state index in [-0.39, 0.29) is 11.9 Å². The van der Waals surface area contributed by atoms with Gasteiger partial charge < -0.3 is 19.7 Å². The topological polar surface area (TPSA) is 115 Å². The summed E-state index contributed by atoms with van der Waals surface area (Å²) in [4.78, 5) is 41.9. The van der Waals surface area contributed by atoms with E-state index in [9.17, 15) is 9.59 Å². The SMILES string of the molecule is CSc1cccc2c1C(CN1CCC[C@H](C)C1)N(c1cccc(CC(C)(C)OC(=O)NC3(Cc4ncn(C)n4)COC3)n1)C2=O.